The molecule has 0 spiro atoms. The number of nitrogens with one attached hydrogen (secondary N) is 2. The maximum atomic E-state index is 12.3. The zero-order chi connectivity index (χ0) is 15.5. The zero-order valence-corrected chi connectivity index (χ0v) is 12.5. The fourth-order valence-corrected chi connectivity index (χ4v) is 2.30. The number of carbonyl (C=O) groups is 1. The van der Waals surface area contributed by atoms with Gasteiger partial charge in [0.1, 0.15) is 5.75 Å². The number of hydrogen-bond acceptors (Lipinski definition) is 3. The largest absolute Gasteiger partial charge is 0.494 e. The number of carbonyl (C=O) groups excluding carboxylic acids is 1. The van der Waals surface area contributed by atoms with Crippen LogP contribution in [0.4, 0.5) is 5.95 Å². The van der Waals surface area contributed by atoms with Crippen LogP contribution in [0.1, 0.15) is 22.8 Å². The predicted octanol–water partition coefficient (Wildman–Crippen LogP) is 3.52. The molecule has 3 rings (SSSR count). The molecule has 3 aromatic rings. The number of anilines is 1. The van der Waals surface area contributed by atoms with Crippen LogP contribution in [0.3, 0.4) is 0 Å². The van der Waals surface area contributed by atoms with Crippen molar-refractivity contribution in [3.63, 3.8) is 0 Å². The maximum absolute atomic E-state index is 12.3. The number of aryl methyl sites for hydroxylation is 1. The second-order valence-electron chi connectivity index (χ2n) is 4.97. The van der Waals surface area contributed by atoms with E-state index in [0.717, 1.165) is 22.3 Å². The van der Waals surface area contributed by atoms with Crippen molar-refractivity contribution in [2.45, 2.75) is 13.8 Å². The Bertz CT molecular complexity index is 791. The Hall–Kier alpha value is -2.82. The fourth-order valence-electron chi connectivity index (χ4n) is 2.30. The monoisotopic (exact) mass is 295 g/mol. The summed E-state index contributed by atoms with van der Waals surface area (Å²) in [7, 11) is 0. The third-order valence-corrected chi connectivity index (χ3v) is 3.36. The molecule has 2 N–H and O–H groups in total. The van der Waals surface area contributed by atoms with Gasteiger partial charge in [-0.1, -0.05) is 12.1 Å². The van der Waals surface area contributed by atoms with Crippen LogP contribution in [-0.2, 0) is 0 Å². The van der Waals surface area contributed by atoms with E-state index in [1.165, 1.54) is 0 Å². The Morgan fingerprint density at radius 3 is 2.82 bits per heavy atom. The number of amides is 1. The summed E-state index contributed by atoms with van der Waals surface area (Å²) in [5, 5.41) is 2.78. The first-order valence-corrected chi connectivity index (χ1v) is 7.17. The van der Waals surface area contributed by atoms with Gasteiger partial charge in [0.2, 0.25) is 5.95 Å². The number of para-hydroxylation sites is 2. The fraction of sp³-hybridized carbons (Fsp3) is 0.176. The predicted molar refractivity (Wildman–Crippen MR) is 86.4 cm³/mol. The highest BCUT2D eigenvalue weighted by molar-refractivity contribution is 6.04. The summed E-state index contributed by atoms with van der Waals surface area (Å²) in [4.78, 5) is 19.7. The summed E-state index contributed by atoms with van der Waals surface area (Å²) < 4.78 is 5.48. The number of benzene rings is 2. The van der Waals surface area contributed by atoms with Crippen molar-refractivity contribution in [3.8, 4) is 5.75 Å². The quantitative estimate of drug-likeness (QED) is 0.774. The summed E-state index contributed by atoms with van der Waals surface area (Å²) in [5.41, 5.74) is 3.21. The number of nitrogens with zero attached hydrogens (tertiary/aromatic N) is 1. The SMILES string of the molecule is CCOc1ccc(C(=O)Nc2nc3ccccc3[nH]2)cc1C. The second kappa shape index (κ2) is 5.89. The molecular weight excluding hydrogens is 278 g/mol. The Morgan fingerprint density at radius 1 is 1.27 bits per heavy atom. The average Bonchev–Trinajstić information content (AvgIpc) is 2.91. The molecule has 0 aliphatic carbocycles. The third-order valence-electron chi connectivity index (χ3n) is 3.36. The van der Waals surface area contributed by atoms with Gasteiger partial charge in [-0.3, -0.25) is 10.1 Å². The lowest BCUT2D eigenvalue weighted by Crippen LogP contribution is -2.13. The number of rotatable bonds is 4. The lowest BCUT2D eigenvalue weighted by molar-refractivity contribution is 0.102. The van der Waals surface area contributed by atoms with E-state index in [-0.39, 0.29) is 5.91 Å². The van der Waals surface area contributed by atoms with Crippen molar-refractivity contribution in [1.29, 1.82) is 0 Å². The van der Waals surface area contributed by atoms with Gasteiger partial charge in [-0.05, 0) is 49.7 Å². The van der Waals surface area contributed by atoms with Gasteiger partial charge in [-0.15, -0.1) is 0 Å². The Kier molecular flexibility index (Phi) is 3.78. The molecule has 2 aromatic carbocycles. The van der Waals surface area contributed by atoms with E-state index in [1.807, 2.05) is 50.2 Å². The number of aromatic nitrogens is 2. The van der Waals surface area contributed by atoms with E-state index in [4.69, 9.17) is 4.74 Å². The molecule has 0 bridgehead atoms. The van der Waals surface area contributed by atoms with Crippen LogP contribution in [0, 0.1) is 6.92 Å². The molecule has 112 valence electrons. The van der Waals surface area contributed by atoms with Gasteiger partial charge in [0.05, 0.1) is 17.6 Å². The van der Waals surface area contributed by atoms with Crippen LogP contribution in [-0.4, -0.2) is 22.5 Å². The molecule has 0 saturated heterocycles. The summed E-state index contributed by atoms with van der Waals surface area (Å²) in [5.74, 6) is 1.03. The average molecular weight is 295 g/mol. The smallest absolute Gasteiger partial charge is 0.257 e. The van der Waals surface area contributed by atoms with Gasteiger partial charge in [0, 0.05) is 5.56 Å². The molecular formula is C17H17N3O2. The van der Waals surface area contributed by atoms with Crippen LogP contribution in [0.15, 0.2) is 42.5 Å². The van der Waals surface area contributed by atoms with Gasteiger partial charge >= 0.3 is 0 Å². The molecule has 0 aliphatic heterocycles. The van der Waals surface area contributed by atoms with Crippen LogP contribution in [0.5, 0.6) is 5.75 Å². The summed E-state index contributed by atoms with van der Waals surface area (Å²) in [6.45, 7) is 4.45. The van der Waals surface area contributed by atoms with Crippen LogP contribution >= 0.6 is 0 Å². The minimum Gasteiger partial charge on any atom is -0.494 e. The van der Waals surface area contributed by atoms with Crippen LogP contribution < -0.4 is 10.1 Å². The van der Waals surface area contributed by atoms with Gasteiger partial charge < -0.3 is 9.72 Å². The molecule has 0 fully saturated rings. The molecule has 0 aliphatic rings. The van der Waals surface area contributed by atoms with E-state index in [0.29, 0.717) is 18.1 Å². The second-order valence-corrected chi connectivity index (χ2v) is 4.97. The maximum Gasteiger partial charge on any atom is 0.257 e. The molecule has 0 atom stereocenters. The molecule has 1 aromatic heterocycles. The van der Waals surface area contributed by atoms with Gasteiger partial charge in [0.25, 0.3) is 5.91 Å². The van der Waals surface area contributed by atoms with Gasteiger partial charge in [-0.25, -0.2) is 4.98 Å². The number of imidazole rings is 1. The molecule has 0 radical (unpaired) electrons. The Balaban J connectivity index is 1.80. The molecule has 0 saturated carbocycles. The minimum absolute atomic E-state index is 0.204. The molecule has 1 amide bonds. The standard InChI is InChI=1S/C17H17N3O2/c1-3-22-15-9-8-12(10-11(15)2)16(21)20-17-18-13-6-4-5-7-14(13)19-17/h4-10H,3H2,1-2H3,(H2,18,19,20,21). The van der Waals surface area contributed by atoms with Gasteiger partial charge in [0.15, 0.2) is 0 Å². The van der Waals surface area contributed by atoms with Crippen molar-refractivity contribution >= 4 is 22.9 Å². The summed E-state index contributed by atoms with van der Waals surface area (Å²) >= 11 is 0. The van der Waals surface area contributed by atoms with E-state index >= 15 is 0 Å². The normalized spacial score (nSPS) is 10.6. The highest BCUT2D eigenvalue weighted by atomic mass is 16.5. The van der Waals surface area contributed by atoms with Crippen LogP contribution in [0.25, 0.3) is 11.0 Å². The lowest BCUT2D eigenvalue weighted by Gasteiger charge is -2.08. The highest BCUT2D eigenvalue weighted by Crippen LogP contribution is 2.20. The first-order valence-electron chi connectivity index (χ1n) is 7.17. The lowest BCUT2D eigenvalue weighted by atomic mass is 10.1. The molecule has 5 nitrogen and oxygen atoms in total. The van der Waals surface area contributed by atoms with E-state index < -0.39 is 0 Å². The third kappa shape index (κ3) is 2.79. The van der Waals surface area contributed by atoms with E-state index in [9.17, 15) is 4.79 Å². The minimum atomic E-state index is -0.204. The number of aromatic amines is 1. The number of fused-ring (bicyclic) bond motifs is 1. The van der Waals surface area contributed by atoms with Crippen molar-refractivity contribution < 1.29 is 9.53 Å². The number of H-pyrrole nitrogens is 1. The summed E-state index contributed by atoms with van der Waals surface area (Å²) in [6.07, 6.45) is 0. The van der Waals surface area contributed by atoms with E-state index in [2.05, 4.69) is 15.3 Å². The zero-order valence-electron chi connectivity index (χ0n) is 12.5. The van der Waals surface area contributed by atoms with Crippen LogP contribution in [0.2, 0.25) is 0 Å². The summed E-state index contributed by atoms with van der Waals surface area (Å²) in [6, 6.07) is 13.0. The van der Waals surface area contributed by atoms with Gasteiger partial charge in [-0.2, -0.15) is 0 Å². The number of ether oxygens (including phenoxy) is 1. The molecule has 5 heteroatoms. The van der Waals surface area contributed by atoms with Crippen molar-refractivity contribution in [1.82, 2.24) is 9.97 Å². The first-order chi connectivity index (χ1) is 10.7. The van der Waals surface area contributed by atoms with Crippen molar-refractivity contribution in [2.24, 2.45) is 0 Å². The topological polar surface area (TPSA) is 67.0 Å². The van der Waals surface area contributed by atoms with Crippen molar-refractivity contribution in [3.05, 3.63) is 53.6 Å². The molecule has 0 unspecified atom stereocenters. The van der Waals surface area contributed by atoms with E-state index in [1.54, 1.807) is 6.07 Å². The number of hydrogen-bond donors (Lipinski definition) is 2. The highest BCUT2D eigenvalue weighted by Gasteiger charge is 2.11. The Labute approximate surface area is 128 Å². The Morgan fingerprint density at radius 2 is 2.09 bits per heavy atom. The molecule has 22 heavy (non-hydrogen) atoms. The van der Waals surface area contributed by atoms with Crippen molar-refractivity contribution in [2.75, 3.05) is 11.9 Å². The molecule has 1 heterocycles. The first kappa shape index (κ1) is 14.1.